The van der Waals surface area contributed by atoms with Crippen LogP contribution in [0.25, 0.3) is 10.9 Å². The van der Waals surface area contributed by atoms with Crippen LogP contribution in [0.3, 0.4) is 0 Å². The fourth-order valence-electron chi connectivity index (χ4n) is 4.11. The fraction of sp³-hybridized carbons (Fsp3) is 0.276. The van der Waals surface area contributed by atoms with E-state index in [2.05, 4.69) is 15.0 Å². The molecule has 0 bridgehead atoms. The number of hydrogen-bond donors (Lipinski definition) is 4. The van der Waals surface area contributed by atoms with E-state index < -0.39 is 16.0 Å². The van der Waals surface area contributed by atoms with Crippen molar-refractivity contribution in [2.45, 2.75) is 26.2 Å². The number of ether oxygens (including phenoxy) is 2. The lowest BCUT2D eigenvalue weighted by molar-refractivity contribution is 0.0686. The number of benzene rings is 2. The fourth-order valence-corrected chi connectivity index (χ4v) is 4.66. The maximum atomic E-state index is 11.7. The molecule has 0 aliphatic carbocycles. The number of sulfonamides is 1. The lowest BCUT2D eigenvalue weighted by Crippen LogP contribution is -2.18. The van der Waals surface area contributed by atoms with Crippen molar-refractivity contribution in [3.8, 4) is 17.2 Å². The highest BCUT2D eigenvalue weighted by molar-refractivity contribution is 7.92. The minimum atomic E-state index is -3.37. The molecule has 2 aromatic carbocycles. The number of para-hydroxylation sites is 1. The van der Waals surface area contributed by atoms with Crippen LogP contribution in [0.2, 0.25) is 0 Å². The average molecular weight is 598 g/mol. The van der Waals surface area contributed by atoms with Gasteiger partial charge in [-0.2, -0.15) is 0 Å². The summed E-state index contributed by atoms with van der Waals surface area (Å²) in [6.07, 6.45) is 2.57. The Bertz CT molecular complexity index is 1740. The number of hydrogen-bond acceptors (Lipinski definition) is 8. The highest BCUT2D eigenvalue weighted by Crippen LogP contribution is 2.37. The summed E-state index contributed by atoms with van der Waals surface area (Å²) in [5, 5.41) is 12.5. The summed E-state index contributed by atoms with van der Waals surface area (Å²) in [6, 6.07) is 13.6. The summed E-state index contributed by atoms with van der Waals surface area (Å²) in [5.41, 5.74) is 8.54. The molecule has 0 aliphatic heterocycles. The number of carboxylic acid groups (broad SMARTS) is 1. The summed E-state index contributed by atoms with van der Waals surface area (Å²) >= 11 is 0. The van der Waals surface area contributed by atoms with Crippen molar-refractivity contribution < 1.29 is 32.6 Å². The van der Waals surface area contributed by atoms with Crippen LogP contribution in [0.5, 0.6) is 17.2 Å². The first-order chi connectivity index (χ1) is 19.6. The van der Waals surface area contributed by atoms with Crippen LogP contribution in [0.4, 0.5) is 11.4 Å². The van der Waals surface area contributed by atoms with E-state index in [-0.39, 0.29) is 22.7 Å². The number of methoxy groups -OCH3 is 1. The van der Waals surface area contributed by atoms with Gasteiger partial charge in [0.1, 0.15) is 17.1 Å². The SMILES string of the molecule is CNC(=O)c1cc(Oc2cccc3cc(C(=O)O)n(C)c23)ccn1.COc1c(N)cc(C(C)(C)C)cc1NS(C)(=O)=O. The van der Waals surface area contributed by atoms with Gasteiger partial charge in [0.05, 0.1) is 30.3 Å². The molecule has 13 heteroatoms. The molecule has 42 heavy (non-hydrogen) atoms. The predicted octanol–water partition coefficient (Wildman–Crippen LogP) is 4.37. The van der Waals surface area contributed by atoms with Crippen molar-refractivity contribution in [1.29, 1.82) is 0 Å². The zero-order valence-corrected chi connectivity index (χ0v) is 25.3. The van der Waals surface area contributed by atoms with Crippen LogP contribution in [-0.4, -0.2) is 55.4 Å². The van der Waals surface area contributed by atoms with Gasteiger partial charge in [0.15, 0.2) is 11.5 Å². The van der Waals surface area contributed by atoms with Gasteiger partial charge in [-0.3, -0.25) is 14.5 Å². The molecule has 1 amide bonds. The van der Waals surface area contributed by atoms with E-state index in [0.717, 1.165) is 17.2 Å². The molecular formula is C29H35N5O7S. The molecule has 0 spiro atoms. The van der Waals surface area contributed by atoms with Crippen molar-refractivity contribution in [3.05, 3.63) is 71.7 Å². The number of aromatic carboxylic acids is 1. The second-order valence-electron chi connectivity index (χ2n) is 10.4. The first kappa shape index (κ1) is 31.7. The third-order valence-corrected chi connectivity index (χ3v) is 6.73. The molecule has 12 nitrogen and oxygen atoms in total. The number of carboxylic acids is 1. The van der Waals surface area contributed by atoms with Gasteiger partial charge in [-0.25, -0.2) is 13.2 Å². The molecule has 0 fully saturated rings. The maximum absolute atomic E-state index is 11.7. The third kappa shape index (κ3) is 7.49. The summed E-state index contributed by atoms with van der Waals surface area (Å²) in [4.78, 5) is 26.9. The second kappa shape index (κ2) is 12.4. The Balaban J connectivity index is 0.000000241. The second-order valence-corrected chi connectivity index (χ2v) is 12.2. The highest BCUT2D eigenvalue weighted by Gasteiger charge is 2.20. The van der Waals surface area contributed by atoms with Crippen LogP contribution < -0.4 is 25.2 Å². The molecular weight excluding hydrogens is 562 g/mol. The Hall–Kier alpha value is -4.78. The summed E-state index contributed by atoms with van der Waals surface area (Å²) in [5.74, 6) is -0.0460. The van der Waals surface area contributed by atoms with Gasteiger partial charge < -0.3 is 30.2 Å². The number of carbonyl (C=O) groups excluding carboxylic acids is 1. The van der Waals surface area contributed by atoms with E-state index in [1.165, 1.54) is 26.4 Å². The molecule has 4 rings (SSSR count). The topological polar surface area (TPSA) is 175 Å². The van der Waals surface area contributed by atoms with Crippen LogP contribution in [0.1, 0.15) is 47.3 Å². The number of nitrogen functional groups attached to an aromatic ring is 1. The number of fused-ring (bicyclic) bond motifs is 1. The largest absolute Gasteiger partial charge is 0.492 e. The Morgan fingerprint density at radius 1 is 1.10 bits per heavy atom. The van der Waals surface area contributed by atoms with Crippen molar-refractivity contribution in [1.82, 2.24) is 14.9 Å². The number of aromatic nitrogens is 2. The van der Waals surface area contributed by atoms with E-state index >= 15 is 0 Å². The predicted molar refractivity (Wildman–Crippen MR) is 162 cm³/mol. The molecule has 2 heterocycles. The summed E-state index contributed by atoms with van der Waals surface area (Å²) < 4.78 is 37.7. The molecule has 2 aromatic heterocycles. The van der Waals surface area contributed by atoms with Gasteiger partial charge in [0.25, 0.3) is 5.91 Å². The number of amides is 1. The van der Waals surface area contributed by atoms with Crippen LogP contribution in [0, 0.1) is 0 Å². The molecule has 0 unspecified atom stereocenters. The Morgan fingerprint density at radius 3 is 2.36 bits per heavy atom. The minimum absolute atomic E-state index is 0.131. The number of aryl methyl sites for hydroxylation is 1. The van der Waals surface area contributed by atoms with Gasteiger partial charge >= 0.3 is 5.97 Å². The number of nitrogens with two attached hydrogens (primary N) is 1. The molecule has 0 aliphatic rings. The first-order valence-corrected chi connectivity index (χ1v) is 14.6. The number of anilines is 2. The first-order valence-electron chi connectivity index (χ1n) is 12.7. The molecule has 0 saturated carbocycles. The van der Waals surface area contributed by atoms with Crippen molar-refractivity contribution in [2.24, 2.45) is 7.05 Å². The van der Waals surface area contributed by atoms with Gasteiger partial charge in [-0.15, -0.1) is 0 Å². The number of rotatable bonds is 7. The number of nitrogens with zero attached hydrogens (tertiary/aromatic N) is 2. The number of carbonyl (C=O) groups is 2. The zero-order valence-electron chi connectivity index (χ0n) is 24.5. The van der Waals surface area contributed by atoms with E-state index in [4.69, 9.17) is 15.2 Å². The van der Waals surface area contributed by atoms with Crippen LogP contribution >= 0.6 is 0 Å². The molecule has 0 saturated heterocycles. The van der Waals surface area contributed by atoms with E-state index in [1.807, 2.05) is 26.8 Å². The highest BCUT2D eigenvalue weighted by atomic mass is 32.2. The Labute approximate surface area is 244 Å². The third-order valence-electron chi connectivity index (χ3n) is 6.14. The zero-order chi connectivity index (χ0) is 31.4. The summed E-state index contributed by atoms with van der Waals surface area (Å²) in [6.45, 7) is 6.08. The standard InChI is InChI=1S/C17H15N3O4.C12H20N2O3S/c1-18-16(21)12-9-11(6-7-19-12)24-14-5-3-4-10-8-13(17(22)23)20(2)15(10)14;1-12(2,3)8-6-9(13)11(17-4)10(7-8)14-18(5,15)16/h3-9H,1-2H3,(H,18,21)(H,22,23);6-7,14H,13H2,1-5H3. The molecule has 0 radical (unpaired) electrons. The minimum Gasteiger partial charge on any atom is -0.492 e. The van der Waals surface area contributed by atoms with Crippen LogP contribution in [0.15, 0.2) is 54.7 Å². The van der Waals surface area contributed by atoms with Gasteiger partial charge in [0.2, 0.25) is 10.0 Å². The summed E-state index contributed by atoms with van der Waals surface area (Å²) in [7, 11) is 1.27. The normalized spacial score (nSPS) is 11.3. The van der Waals surface area contributed by atoms with Crippen molar-refractivity contribution >= 4 is 44.2 Å². The lowest BCUT2D eigenvalue weighted by Gasteiger charge is -2.22. The van der Waals surface area contributed by atoms with Crippen LogP contribution in [-0.2, 0) is 22.5 Å². The quantitative estimate of drug-likeness (QED) is 0.225. The maximum Gasteiger partial charge on any atom is 0.352 e. The number of nitrogens with one attached hydrogen (secondary N) is 2. The smallest absolute Gasteiger partial charge is 0.352 e. The monoisotopic (exact) mass is 597 g/mol. The molecule has 5 N–H and O–H groups in total. The van der Waals surface area contributed by atoms with Gasteiger partial charge in [0, 0.05) is 31.7 Å². The molecule has 4 aromatic rings. The van der Waals surface area contributed by atoms with Gasteiger partial charge in [-0.1, -0.05) is 32.9 Å². The Kier molecular flexibility index (Phi) is 9.36. The van der Waals surface area contributed by atoms with E-state index in [1.54, 1.807) is 48.0 Å². The van der Waals surface area contributed by atoms with Gasteiger partial charge in [-0.05, 0) is 41.3 Å². The number of pyridine rings is 1. The van der Waals surface area contributed by atoms with Crippen molar-refractivity contribution in [3.63, 3.8) is 0 Å². The molecule has 0 atom stereocenters. The lowest BCUT2D eigenvalue weighted by atomic mass is 9.86. The van der Waals surface area contributed by atoms with E-state index in [9.17, 15) is 23.1 Å². The van der Waals surface area contributed by atoms with Crippen molar-refractivity contribution in [2.75, 3.05) is 30.9 Å². The Morgan fingerprint density at radius 2 is 1.79 bits per heavy atom. The molecule has 224 valence electrons. The van der Waals surface area contributed by atoms with E-state index in [0.29, 0.717) is 34.1 Å². The average Bonchev–Trinajstić information content (AvgIpc) is 3.25.